The van der Waals surface area contributed by atoms with Crippen LogP contribution in [0.15, 0.2) is 60.9 Å². The van der Waals surface area contributed by atoms with Gasteiger partial charge in [0.05, 0.1) is 24.4 Å². The number of hydrogen-bond donors (Lipinski definition) is 1. The number of amides is 1. The van der Waals surface area contributed by atoms with Crippen molar-refractivity contribution in [3.05, 3.63) is 60.9 Å². The van der Waals surface area contributed by atoms with Crippen molar-refractivity contribution >= 4 is 17.4 Å². The second-order valence-electron chi connectivity index (χ2n) is 6.99. The lowest BCUT2D eigenvalue weighted by atomic mass is 9.97. The summed E-state index contributed by atoms with van der Waals surface area (Å²) in [5.74, 6) is 1.33. The third-order valence-electron chi connectivity index (χ3n) is 5.11. The third kappa shape index (κ3) is 4.34. The fourth-order valence-electron chi connectivity index (χ4n) is 3.55. The second kappa shape index (κ2) is 8.68. The molecule has 1 atom stereocenters. The largest absolute Gasteiger partial charge is 0.495 e. The van der Waals surface area contributed by atoms with E-state index >= 15 is 0 Å². The molecule has 1 N–H and O–H groups in total. The van der Waals surface area contributed by atoms with Gasteiger partial charge in [0, 0.05) is 31.0 Å². The van der Waals surface area contributed by atoms with Crippen LogP contribution in [-0.2, 0) is 4.79 Å². The first-order chi connectivity index (χ1) is 14.2. The van der Waals surface area contributed by atoms with Crippen LogP contribution in [0.5, 0.6) is 5.75 Å². The highest BCUT2D eigenvalue weighted by molar-refractivity contribution is 5.94. The molecule has 7 heteroatoms. The summed E-state index contributed by atoms with van der Waals surface area (Å²) in [5.41, 5.74) is 2.48. The Morgan fingerprint density at radius 1 is 1.10 bits per heavy atom. The van der Waals surface area contributed by atoms with Gasteiger partial charge in [-0.3, -0.25) is 9.78 Å². The van der Waals surface area contributed by atoms with E-state index in [1.54, 1.807) is 19.5 Å². The Kier molecular flexibility index (Phi) is 5.65. The number of carbonyl (C=O) groups excluding carboxylic acids is 1. The predicted molar refractivity (Wildman–Crippen MR) is 112 cm³/mol. The molecule has 1 saturated heterocycles. The Labute approximate surface area is 169 Å². The van der Waals surface area contributed by atoms with Gasteiger partial charge in [0.1, 0.15) is 5.75 Å². The Hall–Kier alpha value is -3.48. The van der Waals surface area contributed by atoms with Crippen molar-refractivity contribution < 1.29 is 9.53 Å². The lowest BCUT2D eigenvalue weighted by Gasteiger charge is -2.32. The maximum absolute atomic E-state index is 12.8. The monoisotopic (exact) mass is 389 g/mol. The number of para-hydroxylation sites is 2. The molecule has 7 nitrogen and oxygen atoms in total. The molecule has 4 rings (SSSR count). The molecule has 1 unspecified atom stereocenters. The highest BCUT2D eigenvalue weighted by atomic mass is 16.5. The van der Waals surface area contributed by atoms with Crippen LogP contribution in [0, 0.1) is 5.92 Å². The van der Waals surface area contributed by atoms with Crippen molar-refractivity contribution in [2.75, 3.05) is 30.4 Å². The van der Waals surface area contributed by atoms with Crippen LogP contribution in [0.3, 0.4) is 0 Å². The molecule has 1 aliphatic heterocycles. The van der Waals surface area contributed by atoms with Crippen LogP contribution in [0.25, 0.3) is 11.3 Å². The predicted octanol–water partition coefficient (Wildman–Crippen LogP) is 3.40. The van der Waals surface area contributed by atoms with Crippen LogP contribution < -0.4 is 15.0 Å². The molecule has 3 aromatic rings. The minimum absolute atomic E-state index is 0.000523. The first kappa shape index (κ1) is 18.9. The zero-order chi connectivity index (χ0) is 20.1. The van der Waals surface area contributed by atoms with Gasteiger partial charge in [-0.2, -0.15) is 0 Å². The van der Waals surface area contributed by atoms with E-state index in [9.17, 15) is 4.79 Å². The standard InChI is InChI=1S/C22H23N5O2/c1-29-20-7-3-2-6-19(20)24-22(28)17-5-4-14-27(15-17)21-9-8-18(25-26-21)16-10-12-23-13-11-16/h2-3,6-13,17H,4-5,14-15H2,1H3,(H,24,28). The summed E-state index contributed by atoms with van der Waals surface area (Å²) in [5, 5.41) is 11.7. The van der Waals surface area contributed by atoms with Gasteiger partial charge in [0.2, 0.25) is 5.91 Å². The van der Waals surface area contributed by atoms with Gasteiger partial charge >= 0.3 is 0 Å². The van der Waals surface area contributed by atoms with Gasteiger partial charge in [-0.25, -0.2) is 0 Å². The number of ether oxygens (including phenoxy) is 1. The maximum atomic E-state index is 12.8. The molecule has 3 heterocycles. The zero-order valence-corrected chi connectivity index (χ0v) is 16.3. The lowest BCUT2D eigenvalue weighted by Crippen LogP contribution is -2.41. The number of nitrogens with zero attached hydrogens (tertiary/aromatic N) is 4. The minimum Gasteiger partial charge on any atom is -0.495 e. The van der Waals surface area contributed by atoms with Crippen LogP contribution >= 0.6 is 0 Å². The molecule has 0 aliphatic carbocycles. The number of pyridine rings is 1. The fraction of sp³-hybridized carbons (Fsp3) is 0.273. The topological polar surface area (TPSA) is 80.2 Å². The molecule has 0 saturated carbocycles. The molecule has 0 bridgehead atoms. The molecule has 2 aromatic heterocycles. The number of benzene rings is 1. The van der Waals surface area contributed by atoms with Crippen LogP contribution in [0.1, 0.15) is 12.8 Å². The Balaban J connectivity index is 1.43. The number of hydrogen-bond acceptors (Lipinski definition) is 6. The molecule has 148 valence electrons. The number of rotatable bonds is 5. The van der Waals surface area contributed by atoms with E-state index < -0.39 is 0 Å². The molecule has 0 spiro atoms. The van der Waals surface area contributed by atoms with E-state index in [4.69, 9.17) is 4.74 Å². The highest BCUT2D eigenvalue weighted by Gasteiger charge is 2.27. The van der Waals surface area contributed by atoms with E-state index in [1.165, 1.54) is 0 Å². The SMILES string of the molecule is COc1ccccc1NC(=O)C1CCCN(c2ccc(-c3ccncc3)nn2)C1. The summed E-state index contributed by atoms with van der Waals surface area (Å²) in [4.78, 5) is 19.0. The number of methoxy groups -OCH3 is 1. The Morgan fingerprint density at radius 2 is 1.93 bits per heavy atom. The third-order valence-corrected chi connectivity index (χ3v) is 5.11. The van der Waals surface area contributed by atoms with E-state index in [0.717, 1.165) is 36.5 Å². The van der Waals surface area contributed by atoms with Crippen molar-refractivity contribution in [1.82, 2.24) is 15.2 Å². The van der Waals surface area contributed by atoms with E-state index in [0.29, 0.717) is 18.0 Å². The van der Waals surface area contributed by atoms with Gasteiger partial charge in [0.25, 0.3) is 0 Å². The van der Waals surface area contributed by atoms with E-state index in [2.05, 4.69) is 25.4 Å². The summed E-state index contributed by atoms with van der Waals surface area (Å²) in [6.07, 6.45) is 5.25. The first-order valence-corrected chi connectivity index (χ1v) is 9.67. The first-order valence-electron chi connectivity index (χ1n) is 9.67. The van der Waals surface area contributed by atoms with Gasteiger partial charge in [-0.15, -0.1) is 10.2 Å². The molecule has 1 fully saturated rings. The summed E-state index contributed by atoms with van der Waals surface area (Å²) in [7, 11) is 1.60. The molecular weight excluding hydrogens is 366 g/mol. The zero-order valence-electron chi connectivity index (χ0n) is 16.3. The van der Waals surface area contributed by atoms with Crippen molar-refractivity contribution in [2.45, 2.75) is 12.8 Å². The number of anilines is 2. The number of piperidine rings is 1. The van der Waals surface area contributed by atoms with Gasteiger partial charge in [-0.1, -0.05) is 12.1 Å². The van der Waals surface area contributed by atoms with Crippen molar-refractivity contribution in [1.29, 1.82) is 0 Å². The quantitative estimate of drug-likeness (QED) is 0.720. The summed E-state index contributed by atoms with van der Waals surface area (Å²) in [6.45, 7) is 1.48. The smallest absolute Gasteiger partial charge is 0.229 e. The molecule has 0 radical (unpaired) electrons. The average molecular weight is 389 g/mol. The van der Waals surface area contributed by atoms with E-state index in [-0.39, 0.29) is 11.8 Å². The summed E-state index contributed by atoms with van der Waals surface area (Å²) in [6, 6.07) is 15.2. The average Bonchev–Trinajstić information content (AvgIpc) is 2.80. The van der Waals surface area contributed by atoms with Crippen LogP contribution in [0.4, 0.5) is 11.5 Å². The van der Waals surface area contributed by atoms with Crippen molar-refractivity contribution in [2.24, 2.45) is 5.92 Å². The summed E-state index contributed by atoms with van der Waals surface area (Å²) >= 11 is 0. The van der Waals surface area contributed by atoms with Crippen LogP contribution in [-0.4, -0.2) is 41.3 Å². The highest BCUT2D eigenvalue weighted by Crippen LogP contribution is 2.27. The van der Waals surface area contributed by atoms with Crippen molar-refractivity contribution in [3.63, 3.8) is 0 Å². The normalized spacial score (nSPS) is 16.3. The fourth-order valence-corrected chi connectivity index (χ4v) is 3.55. The van der Waals surface area contributed by atoms with Gasteiger partial charge in [0.15, 0.2) is 5.82 Å². The Bertz CT molecular complexity index is 962. The van der Waals surface area contributed by atoms with Gasteiger partial charge in [-0.05, 0) is 49.2 Å². The lowest BCUT2D eigenvalue weighted by molar-refractivity contribution is -0.120. The van der Waals surface area contributed by atoms with Crippen molar-refractivity contribution in [3.8, 4) is 17.0 Å². The Morgan fingerprint density at radius 3 is 2.69 bits per heavy atom. The summed E-state index contributed by atoms with van der Waals surface area (Å²) < 4.78 is 5.32. The molecule has 1 amide bonds. The number of nitrogens with one attached hydrogen (secondary N) is 1. The van der Waals surface area contributed by atoms with E-state index in [1.807, 2.05) is 48.5 Å². The minimum atomic E-state index is -0.115. The van der Waals surface area contributed by atoms with Gasteiger partial charge < -0.3 is 15.0 Å². The number of aromatic nitrogens is 3. The molecule has 1 aromatic carbocycles. The number of carbonyl (C=O) groups is 1. The molecule has 29 heavy (non-hydrogen) atoms. The van der Waals surface area contributed by atoms with Crippen LogP contribution in [0.2, 0.25) is 0 Å². The molecular formula is C22H23N5O2. The maximum Gasteiger partial charge on any atom is 0.229 e. The second-order valence-corrected chi connectivity index (χ2v) is 6.99. The molecule has 1 aliphatic rings.